The highest BCUT2D eigenvalue weighted by Crippen LogP contribution is 2.19. The molecule has 0 aromatic rings. The Kier molecular flexibility index (Phi) is 8.67. The number of rotatable bonds is 5. The molecule has 0 aromatic carbocycles. The first-order valence-electron chi connectivity index (χ1n) is 8.39. The average molecular weight is 283 g/mol. The summed E-state index contributed by atoms with van der Waals surface area (Å²) >= 11 is 0. The first-order chi connectivity index (χ1) is 9.69. The number of urea groups is 1. The van der Waals surface area contributed by atoms with Gasteiger partial charge < -0.3 is 15.1 Å². The van der Waals surface area contributed by atoms with E-state index in [1.807, 2.05) is 16.8 Å². The third kappa shape index (κ3) is 6.12. The highest BCUT2D eigenvalue weighted by Gasteiger charge is 2.24. The van der Waals surface area contributed by atoms with E-state index < -0.39 is 0 Å². The van der Waals surface area contributed by atoms with E-state index in [0.29, 0.717) is 0 Å². The second-order valence-corrected chi connectivity index (χ2v) is 6.09. The van der Waals surface area contributed by atoms with Crippen molar-refractivity contribution in [1.29, 1.82) is 0 Å². The van der Waals surface area contributed by atoms with Gasteiger partial charge in [0.2, 0.25) is 0 Å². The summed E-state index contributed by atoms with van der Waals surface area (Å²) in [6.45, 7) is 9.41. The molecule has 0 aliphatic carbocycles. The molecule has 0 radical (unpaired) electrons. The minimum atomic E-state index is 0.215. The highest BCUT2D eigenvalue weighted by molar-refractivity contribution is 5.76. The fourth-order valence-corrected chi connectivity index (χ4v) is 2.82. The predicted octanol–water partition coefficient (Wildman–Crippen LogP) is 2.94. The van der Waals surface area contributed by atoms with Gasteiger partial charge in [-0.25, -0.2) is 4.79 Å². The highest BCUT2D eigenvalue weighted by atomic mass is 16.2. The van der Waals surface area contributed by atoms with Gasteiger partial charge in [-0.1, -0.05) is 33.1 Å². The number of nitrogens with zero attached hydrogens (tertiary/aromatic N) is 2. The summed E-state index contributed by atoms with van der Waals surface area (Å²) in [6, 6.07) is 0.215. The molecule has 1 N–H and O–H groups in total. The van der Waals surface area contributed by atoms with E-state index in [9.17, 15) is 4.79 Å². The van der Waals surface area contributed by atoms with Gasteiger partial charge in [-0.3, -0.25) is 0 Å². The van der Waals surface area contributed by atoms with Crippen LogP contribution < -0.4 is 5.32 Å². The van der Waals surface area contributed by atoms with Crippen LogP contribution in [0, 0.1) is 5.92 Å². The van der Waals surface area contributed by atoms with Crippen molar-refractivity contribution in [2.75, 3.05) is 39.8 Å². The Morgan fingerprint density at radius 3 is 2.35 bits per heavy atom. The molecule has 2 aliphatic rings. The maximum absolute atomic E-state index is 11.6. The molecule has 0 atom stereocenters. The molecule has 2 heterocycles. The van der Waals surface area contributed by atoms with Crippen LogP contribution in [0.15, 0.2) is 0 Å². The number of carbonyl (C=O) groups is 1. The van der Waals surface area contributed by atoms with Gasteiger partial charge in [0.25, 0.3) is 0 Å². The number of carbonyl (C=O) groups excluding carboxylic acids is 1. The number of piperidine rings is 1. The Morgan fingerprint density at radius 1 is 1.15 bits per heavy atom. The second-order valence-electron chi connectivity index (χ2n) is 6.09. The van der Waals surface area contributed by atoms with Crippen molar-refractivity contribution in [3.63, 3.8) is 0 Å². The zero-order valence-corrected chi connectivity index (χ0v) is 13.7. The van der Waals surface area contributed by atoms with Crippen molar-refractivity contribution in [1.82, 2.24) is 15.1 Å². The number of hydrogen-bond acceptors (Lipinski definition) is 2. The van der Waals surface area contributed by atoms with E-state index in [4.69, 9.17) is 0 Å². The van der Waals surface area contributed by atoms with E-state index in [1.54, 1.807) is 0 Å². The van der Waals surface area contributed by atoms with E-state index in [0.717, 1.165) is 25.6 Å². The first-order valence-corrected chi connectivity index (χ1v) is 8.39. The van der Waals surface area contributed by atoms with Crippen molar-refractivity contribution in [2.45, 2.75) is 52.4 Å². The quantitative estimate of drug-likeness (QED) is 0.787. The average Bonchev–Trinajstić information content (AvgIpc) is 2.77. The summed E-state index contributed by atoms with van der Waals surface area (Å²) in [5.41, 5.74) is 0. The van der Waals surface area contributed by atoms with Gasteiger partial charge in [0.15, 0.2) is 0 Å². The van der Waals surface area contributed by atoms with Crippen molar-refractivity contribution in [2.24, 2.45) is 5.92 Å². The summed E-state index contributed by atoms with van der Waals surface area (Å²) in [7, 11) is 1.89. The van der Waals surface area contributed by atoms with Crippen molar-refractivity contribution in [3.05, 3.63) is 0 Å². The molecule has 4 nitrogen and oxygen atoms in total. The third-order valence-electron chi connectivity index (χ3n) is 4.05. The van der Waals surface area contributed by atoms with Gasteiger partial charge in [-0.15, -0.1) is 0 Å². The lowest BCUT2D eigenvalue weighted by Crippen LogP contribution is -2.30. The molecule has 2 saturated heterocycles. The number of hydrogen-bond donors (Lipinski definition) is 1. The number of amides is 2. The monoisotopic (exact) mass is 283 g/mol. The summed E-state index contributed by atoms with van der Waals surface area (Å²) in [5.74, 6) is 0.924. The van der Waals surface area contributed by atoms with Crippen LogP contribution in [0.3, 0.4) is 0 Å². The Bertz CT molecular complexity index is 264. The lowest BCUT2D eigenvalue weighted by atomic mass is 9.92. The van der Waals surface area contributed by atoms with Gasteiger partial charge >= 0.3 is 6.03 Å². The molecule has 118 valence electrons. The Morgan fingerprint density at radius 2 is 1.80 bits per heavy atom. The predicted molar refractivity (Wildman–Crippen MR) is 85.0 cm³/mol. The van der Waals surface area contributed by atoms with Crippen LogP contribution in [-0.4, -0.2) is 55.6 Å². The summed E-state index contributed by atoms with van der Waals surface area (Å²) < 4.78 is 0. The standard InChI is InChI=1S/C13H25N3O.C3H8/c1-15-10-11-16(13(15)17)9-3-2-4-12-5-7-14-8-6-12;1-3-2/h12,14H,2-11H2,1H3;3H2,1-2H3. The first kappa shape index (κ1) is 17.3. The lowest BCUT2D eigenvalue weighted by molar-refractivity contribution is 0.197. The van der Waals surface area contributed by atoms with E-state index in [1.165, 1.54) is 51.6 Å². The maximum atomic E-state index is 11.6. The van der Waals surface area contributed by atoms with E-state index in [2.05, 4.69) is 19.2 Å². The fourth-order valence-electron chi connectivity index (χ4n) is 2.82. The van der Waals surface area contributed by atoms with Crippen molar-refractivity contribution >= 4 is 6.03 Å². The van der Waals surface area contributed by atoms with E-state index >= 15 is 0 Å². The zero-order chi connectivity index (χ0) is 14.8. The number of nitrogens with one attached hydrogen (secondary N) is 1. The van der Waals surface area contributed by atoms with Gasteiger partial charge in [-0.2, -0.15) is 0 Å². The fraction of sp³-hybridized carbons (Fsp3) is 0.938. The SMILES string of the molecule is CCC.CN1CCN(CCCCC2CCNCC2)C1=O. The zero-order valence-electron chi connectivity index (χ0n) is 13.7. The normalized spacial score (nSPS) is 20.1. The van der Waals surface area contributed by atoms with Crippen molar-refractivity contribution < 1.29 is 4.79 Å². The topological polar surface area (TPSA) is 35.6 Å². The molecule has 2 aliphatic heterocycles. The second kappa shape index (κ2) is 10.0. The van der Waals surface area contributed by atoms with Crippen LogP contribution in [0.4, 0.5) is 4.79 Å². The molecule has 0 bridgehead atoms. The largest absolute Gasteiger partial charge is 0.326 e. The maximum Gasteiger partial charge on any atom is 0.319 e. The van der Waals surface area contributed by atoms with Gasteiger partial charge in [0.05, 0.1) is 0 Å². The van der Waals surface area contributed by atoms with Crippen LogP contribution in [0.2, 0.25) is 0 Å². The molecule has 4 heteroatoms. The van der Waals surface area contributed by atoms with Gasteiger partial charge in [0.1, 0.15) is 0 Å². The molecule has 0 aromatic heterocycles. The van der Waals surface area contributed by atoms with Crippen molar-refractivity contribution in [3.8, 4) is 0 Å². The van der Waals surface area contributed by atoms with Crippen LogP contribution in [0.5, 0.6) is 0 Å². The van der Waals surface area contributed by atoms with Gasteiger partial charge in [-0.05, 0) is 38.3 Å². The van der Waals surface area contributed by atoms with Crippen LogP contribution in [0.1, 0.15) is 52.4 Å². The van der Waals surface area contributed by atoms with Crippen LogP contribution in [-0.2, 0) is 0 Å². The number of unbranched alkanes of at least 4 members (excludes halogenated alkanes) is 1. The molecule has 0 spiro atoms. The molecule has 2 fully saturated rings. The molecule has 0 unspecified atom stereocenters. The minimum Gasteiger partial charge on any atom is -0.326 e. The Balaban J connectivity index is 0.000000612. The lowest BCUT2D eigenvalue weighted by Gasteiger charge is -2.23. The minimum absolute atomic E-state index is 0.215. The summed E-state index contributed by atoms with van der Waals surface area (Å²) in [5, 5.41) is 3.40. The molecule has 20 heavy (non-hydrogen) atoms. The van der Waals surface area contributed by atoms with Gasteiger partial charge in [0, 0.05) is 26.7 Å². The van der Waals surface area contributed by atoms with Crippen LogP contribution in [0.25, 0.3) is 0 Å². The molecular formula is C16H33N3O. The Hall–Kier alpha value is -0.770. The third-order valence-corrected chi connectivity index (χ3v) is 4.05. The smallest absolute Gasteiger partial charge is 0.319 e. The molecule has 2 rings (SSSR count). The summed E-state index contributed by atoms with van der Waals surface area (Å²) in [6.07, 6.45) is 7.72. The molecule has 0 saturated carbocycles. The Labute approximate surface area is 124 Å². The summed E-state index contributed by atoms with van der Waals surface area (Å²) in [4.78, 5) is 15.4. The molecule has 2 amide bonds. The van der Waals surface area contributed by atoms with Crippen LogP contribution >= 0.6 is 0 Å². The number of likely N-dealkylation sites (N-methyl/N-ethyl adjacent to an activating group) is 1. The molecular weight excluding hydrogens is 250 g/mol. The van der Waals surface area contributed by atoms with E-state index in [-0.39, 0.29) is 6.03 Å².